The number of rotatable bonds is 6. The topological polar surface area (TPSA) is 45.1 Å². The van der Waals surface area contributed by atoms with Gasteiger partial charge in [0.25, 0.3) is 0 Å². The SMILES string of the molecule is CCC(CC)C(O)CNc1nc(C)c(C)s1. The lowest BCUT2D eigenvalue weighted by atomic mass is 9.97. The summed E-state index contributed by atoms with van der Waals surface area (Å²) < 4.78 is 0. The van der Waals surface area contributed by atoms with Crippen molar-refractivity contribution in [3.8, 4) is 0 Å². The van der Waals surface area contributed by atoms with Crippen LogP contribution < -0.4 is 5.32 Å². The second-order valence-electron chi connectivity index (χ2n) is 4.19. The summed E-state index contributed by atoms with van der Waals surface area (Å²) in [5.41, 5.74) is 1.07. The molecule has 1 atom stereocenters. The Balaban J connectivity index is 2.45. The Kier molecular flexibility index (Phi) is 5.22. The maximum absolute atomic E-state index is 9.96. The third-order valence-electron chi connectivity index (χ3n) is 3.08. The van der Waals surface area contributed by atoms with Crippen molar-refractivity contribution < 1.29 is 5.11 Å². The van der Waals surface area contributed by atoms with E-state index >= 15 is 0 Å². The Bertz CT molecular complexity index is 301. The van der Waals surface area contributed by atoms with E-state index in [1.165, 1.54) is 4.88 Å². The van der Waals surface area contributed by atoms with E-state index in [0.29, 0.717) is 12.5 Å². The van der Waals surface area contributed by atoms with Crippen molar-refractivity contribution in [3.05, 3.63) is 10.6 Å². The molecule has 0 aromatic carbocycles. The summed E-state index contributed by atoms with van der Waals surface area (Å²) in [6, 6.07) is 0. The van der Waals surface area contributed by atoms with Crippen molar-refractivity contribution in [2.45, 2.75) is 46.6 Å². The molecule has 1 unspecified atom stereocenters. The maximum Gasteiger partial charge on any atom is 0.183 e. The predicted molar refractivity (Wildman–Crippen MR) is 70.2 cm³/mol. The highest BCUT2D eigenvalue weighted by Crippen LogP contribution is 2.21. The Labute approximate surface area is 102 Å². The molecule has 0 saturated heterocycles. The Morgan fingerprint density at radius 1 is 1.31 bits per heavy atom. The molecule has 1 aromatic heterocycles. The van der Waals surface area contributed by atoms with Gasteiger partial charge in [-0.05, 0) is 19.8 Å². The van der Waals surface area contributed by atoms with Crippen LogP contribution in [0, 0.1) is 19.8 Å². The number of aryl methyl sites for hydroxylation is 2. The van der Waals surface area contributed by atoms with Crippen molar-refractivity contribution >= 4 is 16.5 Å². The lowest BCUT2D eigenvalue weighted by Gasteiger charge is -2.19. The molecule has 1 rings (SSSR count). The van der Waals surface area contributed by atoms with E-state index in [1.54, 1.807) is 11.3 Å². The van der Waals surface area contributed by atoms with Gasteiger partial charge in [0.2, 0.25) is 0 Å². The third-order valence-corrected chi connectivity index (χ3v) is 4.11. The molecule has 2 N–H and O–H groups in total. The van der Waals surface area contributed by atoms with Crippen LogP contribution in [-0.4, -0.2) is 22.7 Å². The summed E-state index contributed by atoms with van der Waals surface area (Å²) in [5.74, 6) is 0.384. The van der Waals surface area contributed by atoms with Gasteiger partial charge in [-0.3, -0.25) is 0 Å². The third kappa shape index (κ3) is 3.46. The van der Waals surface area contributed by atoms with E-state index in [1.807, 2.05) is 6.92 Å². The van der Waals surface area contributed by atoms with Crippen LogP contribution in [0.15, 0.2) is 0 Å². The number of nitrogens with one attached hydrogen (secondary N) is 1. The number of aliphatic hydroxyl groups is 1. The van der Waals surface area contributed by atoms with Crippen molar-refractivity contribution in [2.75, 3.05) is 11.9 Å². The normalized spacial score (nSPS) is 13.1. The monoisotopic (exact) mass is 242 g/mol. The largest absolute Gasteiger partial charge is 0.391 e. The second-order valence-corrected chi connectivity index (χ2v) is 5.39. The number of aliphatic hydroxyl groups excluding tert-OH is 1. The molecule has 0 fully saturated rings. The molecule has 1 aromatic rings. The molecule has 16 heavy (non-hydrogen) atoms. The first-order chi connectivity index (χ1) is 7.58. The van der Waals surface area contributed by atoms with E-state index in [-0.39, 0.29) is 6.10 Å². The molecule has 0 radical (unpaired) electrons. The van der Waals surface area contributed by atoms with E-state index in [4.69, 9.17) is 0 Å². The Morgan fingerprint density at radius 2 is 1.94 bits per heavy atom. The number of anilines is 1. The molecular weight excluding hydrogens is 220 g/mol. The molecule has 4 heteroatoms. The highest BCUT2D eigenvalue weighted by atomic mass is 32.1. The minimum atomic E-state index is -0.278. The Morgan fingerprint density at radius 3 is 2.38 bits per heavy atom. The van der Waals surface area contributed by atoms with Crippen LogP contribution in [0.25, 0.3) is 0 Å². The number of aromatic nitrogens is 1. The van der Waals surface area contributed by atoms with Crippen LogP contribution in [0.2, 0.25) is 0 Å². The second kappa shape index (κ2) is 6.21. The molecule has 0 aliphatic carbocycles. The van der Waals surface area contributed by atoms with Gasteiger partial charge in [-0.25, -0.2) is 4.98 Å². The first-order valence-corrected chi connectivity index (χ1v) is 6.76. The zero-order valence-corrected chi connectivity index (χ0v) is 11.4. The fourth-order valence-corrected chi connectivity index (χ4v) is 2.56. The molecule has 0 spiro atoms. The molecular formula is C12H22N2OS. The van der Waals surface area contributed by atoms with Crippen LogP contribution in [0.4, 0.5) is 5.13 Å². The number of hydrogen-bond donors (Lipinski definition) is 2. The maximum atomic E-state index is 9.96. The average molecular weight is 242 g/mol. The highest BCUT2D eigenvalue weighted by molar-refractivity contribution is 7.15. The summed E-state index contributed by atoms with van der Waals surface area (Å²) >= 11 is 1.65. The van der Waals surface area contributed by atoms with Gasteiger partial charge in [0.1, 0.15) is 0 Å². The van der Waals surface area contributed by atoms with Gasteiger partial charge in [-0.2, -0.15) is 0 Å². The van der Waals surface area contributed by atoms with Gasteiger partial charge in [0.05, 0.1) is 11.8 Å². The van der Waals surface area contributed by atoms with Gasteiger partial charge >= 0.3 is 0 Å². The zero-order chi connectivity index (χ0) is 12.1. The van der Waals surface area contributed by atoms with Crippen LogP contribution in [0.1, 0.15) is 37.3 Å². The number of thiazole rings is 1. The summed E-state index contributed by atoms with van der Waals surface area (Å²) in [4.78, 5) is 5.63. The molecule has 0 aliphatic heterocycles. The van der Waals surface area contributed by atoms with Gasteiger partial charge in [0, 0.05) is 11.4 Å². The van der Waals surface area contributed by atoms with Gasteiger partial charge in [-0.15, -0.1) is 11.3 Å². The average Bonchev–Trinajstić information content (AvgIpc) is 2.57. The van der Waals surface area contributed by atoms with Crippen molar-refractivity contribution in [3.63, 3.8) is 0 Å². The molecule has 0 aliphatic rings. The van der Waals surface area contributed by atoms with E-state index < -0.39 is 0 Å². The first-order valence-electron chi connectivity index (χ1n) is 5.94. The molecule has 0 saturated carbocycles. The van der Waals surface area contributed by atoms with Gasteiger partial charge < -0.3 is 10.4 Å². The smallest absolute Gasteiger partial charge is 0.183 e. The van der Waals surface area contributed by atoms with Gasteiger partial charge in [0.15, 0.2) is 5.13 Å². The van der Waals surface area contributed by atoms with Crippen molar-refractivity contribution in [2.24, 2.45) is 5.92 Å². The van der Waals surface area contributed by atoms with Crippen LogP contribution in [0.3, 0.4) is 0 Å². The van der Waals surface area contributed by atoms with Crippen LogP contribution in [-0.2, 0) is 0 Å². The van der Waals surface area contributed by atoms with E-state index in [9.17, 15) is 5.11 Å². The lowest BCUT2D eigenvalue weighted by Crippen LogP contribution is -2.27. The van der Waals surface area contributed by atoms with E-state index in [2.05, 4.69) is 31.1 Å². The highest BCUT2D eigenvalue weighted by Gasteiger charge is 2.15. The molecule has 1 heterocycles. The van der Waals surface area contributed by atoms with Crippen molar-refractivity contribution in [1.29, 1.82) is 0 Å². The molecule has 0 amide bonds. The fraction of sp³-hybridized carbons (Fsp3) is 0.750. The molecule has 92 valence electrons. The minimum Gasteiger partial charge on any atom is -0.391 e. The van der Waals surface area contributed by atoms with Crippen molar-refractivity contribution in [1.82, 2.24) is 4.98 Å². The Hall–Kier alpha value is -0.610. The number of hydrogen-bond acceptors (Lipinski definition) is 4. The summed E-state index contributed by atoms with van der Waals surface area (Å²) in [5, 5.41) is 14.1. The predicted octanol–water partition coefficient (Wildman–Crippen LogP) is 2.97. The molecule has 0 bridgehead atoms. The lowest BCUT2D eigenvalue weighted by molar-refractivity contribution is 0.114. The number of nitrogens with zero attached hydrogens (tertiary/aromatic N) is 1. The first kappa shape index (κ1) is 13.5. The fourth-order valence-electron chi connectivity index (χ4n) is 1.74. The standard InChI is InChI=1S/C12H22N2OS/c1-5-10(6-2)11(15)7-13-12-14-8(3)9(4)16-12/h10-11,15H,5-7H2,1-4H3,(H,13,14). The molecule has 3 nitrogen and oxygen atoms in total. The summed E-state index contributed by atoms with van der Waals surface area (Å²) in [6.45, 7) is 8.91. The van der Waals surface area contributed by atoms with Gasteiger partial charge in [-0.1, -0.05) is 26.7 Å². The zero-order valence-electron chi connectivity index (χ0n) is 10.6. The van der Waals surface area contributed by atoms with Crippen LogP contribution >= 0.6 is 11.3 Å². The van der Waals surface area contributed by atoms with Crippen LogP contribution in [0.5, 0.6) is 0 Å². The van der Waals surface area contributed by atoms with E-state index in [0.717, 1.165) is 23.7 Å². The minimum absolute atomic E-state index is 0.278. The summed E-state index contributed by atoms with van der Waals surface area (Å²) in [7, 11) is 0. The quantitative estimate of drug-likeness (QED) is 0.806. The summed E-state index contributed by atoms with van der Waals surface area (Å²) in [6.07, 6.45) is 1.77.